The molecule has 0 aliphatic rings. The number of rotatable bonds is 3. The number of hydrogen-bond donors (Lipinski definition) is 1. The first kappa shape index (κ1) is 13.1. The normalized spacial score (nSPS) is 10.4. The van der Waals surface area contributed by atoms with Crippen LogP contribution in [0.15, 0.2) is 24.3 Å². The third-order valence-corrected chi connectivity index (χ3v) is 3.11. The van der Waals surface area contributed by atoms with E-state index in [1.807, 2.05) is 25.1 Å². The second-order valence-corrected chi connectivity index (χ2v) is 4.61. The van der Waals surface area contributed by atoms with E-state index in [1.54, 1.807) is 13.2 Å². The van der Waals surface area contributed by atoms with Crippen LogP contribution in [0.2, 0.25) is 5.02 Å². The van der Waals surface area contributed by atoms with E-state index in [-0.39, 0.29) is 0 Å². The molecule has 2 rings (SSSR count). The monoisotopic (exact) mass is 280 g/mol. The lowest BCUT2D eigenvalue weighted by Crippen LogP contribution is -1.95. The maximum atomic E-state index is 6.01. The van der Waals surface area contributed by atoms with Crippen LogP contribution in [0.3, 0.4) is 0 Å². The average molecular weight is 281 g/mol. The van der Waals surface area contributed by atoms with E-state index in [1.165, 1.54) is 0 Å². The minimum Gasteiger partial charge on any atom is -0.495 e. The number of aromatic amines is 1. The molecule has 94 valence electrons. The second-order valence-electron chi connectivity index (χ2n) is 3.78. The van der Waals surface area contributed by atoms with Crippen LogP contribution in [0.4, 0.5) is 0 Å². The largest absolute Gasteiger partial charge is 0.495 e. The lowest BCUT2D eigenvalue weighted by atomic mass is 10.1. The molecule has 0 bridgehead atoms. The van der Waals surface area contributed by atoms with E-state index < -0.39 is 0 Å². The molecular weight excluding hydrogens is 268 g/mol. The number of methoxy groups -OCH3 is 1. The molecule has 3 nitrogen and oxygen atoms in total. The number of benzene rings is 1. The van der Waals surface area contributed by atoms with Crippen molar-refractivity contribution >= 4 is 23.8 Å². The van der Waals surface area contributed by atoms with Crippen molar-refractivity contribution in [2.24, 2.45) is 0 Å². The molecule has 0 amide bonds. The van der Waals surface area contributed by atoms with E-state index in [9.17, 15) is 0 Å². The first-order valence-electron chi connectivity index (χ1n) is 5.58. The average Bonchev–Trinajstić information content (AvgIpc) is 2.38. The highest BCUT2D eigenvalue weighted by atomic mass is 35.5. The van der Waals surface area contributed by atoms with E-state index in [0.29, 0.717) is 15.4 Å². The van der Waals surface area contributed by atoms with Gasteiger partial charge < -0.3 is 9.72 Å². The molecule has 2 aromatic rings. The Morgan fingerprint density at radius 1 is 1.39 bits per heavy atom. The topological polar surface area (TPSA) is 37.9 Å². The molecule has 1 aromatic heterocycles. The van der Waals surface area contributed by atoms with Crippen LogP contribution in [0.25, 0.3) is 11.3 Å². The van der Waals surface area contributed by atoms with Gasteiger partial charge in [-0.15, -0.1) is 0 Å². The molecule has 1 N–H and O–H groups in total. The van der Waals surface area contributed by atoms with Gasteiger partial charge in [-0.25, -0.2) is 4.98 Å². The summed E-state index contributed by atoms with van der Waals surface area (Å²) in [6.45, 7) is 2.03. The lowest BCUT2D eigenvalue weighted by Gasteiger charge is -2.08. The van der Waals surface area contributed by atoms with Crippen LogP contribution in [0, 0.1) is 4.64 Å². The van der Waals surface area contributed by atoms with Crippen molar-refractivity contribution in [2.45, 2.75) is 13.3 Å². The third-order valence-electron chi connectivity index (χ3n) is 2.59. The van der Waals surface area contributed by atoms with Crippen molar-refractivity contribution in [1.29, 1.82) is 0 Å². The van der Waals surface area contributed by atoms with Crippen LogP contribution in [0.5, 0.6) is 5.75 Å². The smallest absolute Gasteiger partial charge is 0.138 e. The summed E-state index contributed by atoms with van der Waals surface area (Å²) >= 11 is 11.2. The number of H-pyrrole nitrogens is 1. The number of halogens is 1. The molecule has 0 radical (unpaired) electrons. The minimum absolute atomic E-state index is 0.578. The standard InChI is InChI=1S/C13H13ClN2OS/c1-3-12-15-10(7-13(18)16-12)8-4-5-9(14)11(6-8)17-2/h4-7H,3H2,1-2H3,(H,15,16,18). The first-order chi connectivity index (χ1) is 8.63. The highest BCUT2D eigenvalue weighted by Crippen LogP contribution is 2.29. The van der Waals surface area contributed by atoms with Gasteiger partial charge in [-0.2, -0.15) is 0 Å². The fraction of sp³-hybridized carbons (Fsp3) is 0.231. The van der Waals surface area contributed by atoms with Crippen molar-refractivity contribution < 1.29 is 4.74 Å². The molecule has 0 saturated heterocycles. The maximum Gasteiger partial charge on any atom is 0.138 e. The van der Waals surface area contributed by atoms with Crippen LogP contribution in [-0.2, 0) is 6.42 Å². The lowest BCUT2D eigenvalue weighted by molar-refractivity contribution is 0.415. The molecule has 0 aliphatic heterocycles. The van der Waals surface area contributed by atoms with Gasteiger partial charge in [0.1, 0.15) is 16.2 Å². The third kappa shape index (κ3) is 2.71. The SMILES string of the molecule is CCc1nc(=S)cc(-c2ccc(Cl)c(OC)c2)[nH]1. The Morgan fingerprint density at radius 3 is 2.83 bits per heavy atom. The zero-order chi connectivity index (χ0) is 13.1. The van der Waals surface area contributed by atoms with E-state index >= 15 is 0 Å². The Hall–Kier alpha value is -1.39. The number of aryl methyl sites for hydroxylation is 1. The van der Waals surface area contributed by atoms with Gasteiger partial charge in [0.2, 0.25) is 0 Å². The van der Waals surface area contributed by atoms with Gasteiger partial charge >= 0.3 is 0 Å². The molecule has 1 heterocycles. The molecule has 0 atom stereocenters. The van der Waals surface area contributed by atoms with Gasteiger partial charge in [0.15, 0.2) is 0 Å². The quantitative estimate of drug-likeness (QED) is 0.863. The zero-order valence-corrected chi connectivity index (χ0v) is 11.7. The predicted octanol–water partition coefficient (Wildman–Crippen LogP) is 4.03. The zero-order valence-electron chi connectivity index (χ0n) is 10.2. The van der Waals surface area contributed by atoms with E-state index in [4.69, 9.17) is 28.6 Å². The summed E-state index contributed by atoms with van der Waals surface area (Å²) in [5.74, 6) is 1.51. The molecular formula is C13H13ClN2OS. The van der Waals surface area contributed by atoms with E-state index in [2.05, 4.69) is 9.97 Å². The minimum atomic E-state index is 0.578. The van der Waals surface area contributed by atoms with Gasteiger partial charge in [-0.3, -0.25) is 0 Å². The van der Waals surface area contributed by atoms with Crippen molar-refractivity contribution in [2.75, 3.05) is 7.11 Å². The summed E-state index contributed by atoms with van der Waals surface area (Å²) in [7, 11) is 1.59. The van der Waals surface area contributed by atoms with Crippen molar-refractivity contribution in [1.82, 2.24) is 9.97 Å². The van der Waals surface area contributed by atoms with Crippen LogP contribution in [-0.4, -0.2) is 17.1 Å². The van der Waals surface area contributed by atoms with Crippen molar-refractivity contribution in [3.63, 3.8) is 0 Å². The predicted molar refractivity (Wildman–Crippen MR) is 75.8 cm³/mol. The molecule has 5 heteroatoms. The highest BCUT2D eigenvalue weighted by Gasteiger charge is 2.05. The molecule has 0 saturated carbocycles. The van der Waals surface area contributed by atoms with Gasteiger partial charge in [-0.1, -0.05) is 36.8 Å². The number of ether oxygens (including phenoxy) is 1. The van der Waals surface area contributed by atoms with Crippen LogP contribution < -0.4 is 4.74 Å². The summed E-state index contributed by atoms with van der Waals surface area (Å²) in [5.41, 5.74) is 1.89. The van der Waals surface area contributed by atoms with Gasteiger partial charge in [0.25, 0.3) is 0 Å². The second kappa shape index (κ2) is 5.50. The van der Waals surface area contributed by atoms with Crippen molar-refractivity contribution in [3.05, 3.63) is 39.8 Å². The Labute approximate surface area is 116 Å². The summed E-state index contributed by atoms with van der Waals surface area (Å²) in [6.07, 6.45) is 0.808. The van der Waals surface area contributed by atoms with E-state index in [0.717, 1.165) is 23.5 Å². The number of aromatic nitrogens is 2. The maximum absolute atomic E-state index is 6.01. The van der Waals surface area contributed by atoms with Gasteiger partial charge in [0.05, 0.1) is 12.1 Å². The highest BCUT2D eigenvalue weighted by molar-refractivity contribution is 7.71. The van der Waals surface area contributed by atoms with Crippen LogP contribution in [0.1, 0.15) is 12.7 Å². The number of hydrogen-bond acceptors (Lipinski definition) is 3. The van der Waals surface area contributed by atoms with Crippen molar-refractivity contribution in [3.8, 4) is 17.0 Å². The Balaban J connectivity index is 2.54. The molecule has 0 aliphatic carbocycles. The molecule has 0 spiro atoms. The molecule has 0 fully saturated rings. The summed E-state index contributed by atoms with van der Waals surface area (Å²) < 4.78 is 5.78. The number of nitrogens with one attached hydrogen (secondary N) is 1. The summed E-state index contributed by atoms with van der Waals surface area (Å²) in [5, 5.41) is 0.588. The summed E-state index contributed by atoms with van der Waals surface area (Å²) in [6, 6.07) is 7.43. The Morgan fingerprint density at radius 2 is 2.17 bits per heavy atom. The summed E-state index contributed by atoms with van der Waals surface area (Å²) in [4.78, 5) is 7.49. The number of nitrogens with zero attached hydrogens (tertiary/aromatic N) is 1. The Bertz CT molecular complexity index is 625. The first-order valence-corrected chi connectivity index (χ1v) is 6.36. The molecule has 18 heavy (non-hydrogen) atoms. The fourth-order valence-electron chi connectivity index (χ4n) is 1.66. The van der Waals surface area contributed by atoms with Crippen LogP contribution >= 0.6 is 23.8 Å². The van der Waals surface area contributed by atoms with Gasteiger partial charge in [-0.05, 0) is 18.2 Å². The molecule has 0 unspecified atom stereocenters. The Kier molecular flexibility index (Phi) is 3.99. The fourth-order valence-corrected chi connectivity index (χ4v) is 2.08. The van der Waals surface area contributed by atoms with Gasteiger partial charge in [0, 0.05) is 17.7 Å². The molecule has 1 aromatic carbocycles.